The molecule has 0 atom stereocenters. The van der Waals surface area contributed by atoms with Gasteiger partial charge in [-0.25, -0.2) is 9.78 Å². The molecule has 0 radical (unpaired) electrons. The van der Waals surface area contributed by atoms with Crippen molar-refractivity contribution < 1.29 is 4.74 Å². The van der Waals surface area contributed by atoms with Gasteiger partial charge in [-0.2, -0.15) is 0 Å². The number of aryl methyl sites for hydroxylation is 1. The average Bonchev–Trinajstić information content (AvgIpc) is 3.34. The molecular formula is C29H23N5O3. The summed E-state index contributed by atoms with van der Waals surface area (Å²) < 4.78 is 6.89. The van der Waals surface area contributed by atoms with E-state index >= 15 is 0 Å². The molecule has 0 amide bonds. The predicted octanol–water partition coefficient (Wildman–Crippen LogP) is 4.66. The number of methoxy groups -OCH3 is 1. The molecule has 6 rings (SSSR count). The number of nitrogens with one attached hydrogen (secondary N) is 2. The number of pyridine rings is 2. The highest BCUT2D eigenvalue weighted by atomic mass is 16.5. The Morgan fingerprint density at radius 1 is 0.946 bits per heavy atom. The van der Waals surface area contributed by atoms with E-state index in [2.05, 4.69) is 26.0 Å². The third kappa shape index (κ3) is 3.88. The first-order chi connectivity index (χ1) is 18.0. The Morgan fingerprint density at radius 2 is 1.76 bits per heavy atom. The molecule has 0 spiro atoms. The van der Waals surface area contributed by atoms with Crippen LogP contribution in [-0.2, 0) is 6.54 Å². The van der Waals surface area contributed by atoms with Gasteiger partial charge in [-0.3, -0.25) is 14.3 Å². The Morgan fingerprint density at radius 3 is 2.57 bits per heavy atom. The van der Waals surface area contributed by atoms with Gasteiger partial charge in [0, 0.05) is 46.9 Å². The number of ether oxygens (including phenoxy) is 1. The lowest BCUT2D eigenvalue weighted by Gasteiger charge is -2.11. The van der Waals surface area contributed by atoms with E-state index in [1.54, 1.807) is 50.0 Å². The molecule has 8 heteroatoms. The minimum absolute atomic E-state index is 0.162. The molecule has 0 saturated heterocycles. The van der Waals surface area contributed by atoms with Crippen LogP contribution < -0.4 is 16.0 Å². The van der Waals surface area contributed by atoms with Gasteiger partial charge in [0.15, 0.2) is 0 Å². The van der Waals surface area contributed by atoms with Gasteiger partial charge in [0.05, 0.1) is 24.6 Å². The molecule has 0 aliphatic rings. The van der Waals surface area contributed by atoms with Gasteiger partial charge < -0.3 is 14.7 Å². The Balaban J connectivity index is 1.48. The van der Waals surface area contributed by atoms with Crippen LogP contribution in [0.5, 0.6) is 5.75 Å². The highest BCUT2D eigenvalue weighted by Gasteiger charge is 2.15. The molecule has 6 aromatic rings. The van der Waals surface area contributed by atoms with Crippen molar-refractivity contribution in [2.45, 2.75) is 13.5 Å². The van der Waals surface area contributed by atoms with Gasteiger partial charge in [0.1, 0.15) is 11.4 Å². The second-order valence-electron chi connectivity index (χ2n) is 8.92. The maximum Gasteiger partial charge on any atom is 0.329 e. The van der Waals surface area contributed by atoms with Crippen LogP contribution in [0, 0.1) is 6.92 Å². The summed E-state index contributed by atoms with van der Waals surface area (Å²) in [5.41, 5.74) is 5.95. The van der Waals surface area contributed by atoms with Crippen molar-refractivity contribution in [2.24, 2.45) is 0 Å². The van der Waals surface area contributed by atoms with Crippen LogP contribution in [0.25, 0.3) is 44.2 Å². The molecule has 4 aromatic heterocycles. The molecule has 2 N–H and O–H groups in total. The maximum absolute atomic E-state index is 13.3. The Kier molecular flexibility index (Phi) is 5.41. The summed E-state index contributed by atoms with van der Waals surface area (Å²) in [6.45, 7) is 2.18. The number of fused-ring (bicyclic) bond motifs is 2. The Labute approximate surface area is 211 Å². The van der Waals surface area contributed by atoms with Gasteiger partial charge >= 0.3 is 5.69 Å². The van der Waals surface area contributed by atoms with E-state index in [-0.39, 0.29) is 12.1 Å². The molecule has 0 saturated carbocycles. The number of aromatic nitrogens is 5. The third-order valence-corrected chi connectivity index (χ3v) is 6.64. The van der Waals surface area contributed by atoms with Crippen molar-refractivity contribution in [3.8, 4) is 28.0 Å². The number of para-hydroxylation sites is 1. The van der Waals surface area contributed by atoms with E-state index in [0.29, 0.717) is 10.9 Å². The first kappa shape index (κ1) is 22.5. The molecule has 0 fully saturated rings. The van der Waals surface area contributed by atoms with E-state index < -0.39 is 5.69 Å². The molecule has 182 valence electrons. The van der Waals surface area contributed by atoms with Crippen molar-refractivity contribution >= 4 is 21.9 Å². The molecule has 4 heterocycles. The van der Waals surface area contributed by atoms with E-state index in [1.165, 1.54) is 4.57 Å². The van der Waals surface area contributed by atoms with Crippen LogP contribution in [0.15, 0.2) is 89.0 Å². The molecule has 37 heavy (non-hydrogen) atoms. The zero-order valence-electron chi connectivity index (χ0n) is 20.3. The normalized spacial score (nSPS) is 11.3. The van der Waals surface area contributed by atoms with Crippen molar-refractivity contribution in [3.05, 3.63) is 111 Å². The highest BCUT2D eigenvalue weighted by Crippen LogP contribution is 2.37. The first-order valence-electron chi connectivity index (χ1n) is 11.8. The quantitative estimate of drug-likeness (QED) is 0.366. The molecule has 8 nitrogen and oxygen atoms in total. The lowest BCUT2D eigenvalue weighted by molar-refractivity contribution is 0.413. The van der Waals surface area contributed by atoms with E-state index in [1.807, 2.05) is 37.4 Å². The molecule has 2 aromatic carbocycles. The maximum atomic E-state index is 13.3. The number of nitrogens with zero attached hydrogens (tertiary/aromatic N) is 3. The standard InChI is InChI=1S/C29H23N5O3/c1-17-4-3-5-21(26(17)37-2)24-15-32-27-22(24)13-20(14-31-27)19-6-7-25-23(12-19)28(35)34(29(36)33-25)16-18-8-10-30-11-9-18/h3-15H,16H2,1-2H3,(H,31,32)(H,33,36). The molecule has 0 aliphatic carbocycles. The van der Waals surface area contributed by atoms with Crippen molar-refractivity contribution in [2.75, 3.05) is 7.11 Å². The summed E-state index contributed by atoms with van der Waals surface area (Å²) in [4.78, 5) is 40.7. The number of H-pyrrole nitrogens is 2. The van der Waals surface area contributed by atoms with Crippen LogP contribution in [0.2, 0.25) is 0 Å². The number of hydrogen-bond acceptors (Lipinski definition) is 5. The lowest BCUT2D eigenvalue weighted by atomic mass is 9.99. The molecule has 0 bridgehead atoms. The average molecular weight is 490 g/mol. The van der Waals surface area contributed by atoms with Crippen molar-refractivity contribution in [3.63, 3.8) is 0 Å². The second kappa shape index (κ2) is 8.91. The van der Waals surface area contributed by atoms with Crippen LogP contribution in [0.3, 0.4) is 0 Å². The smallest absolute Gasteiger partial charge is 0.329 e. The van der Waals surface area contributed by atoms with E-state index in [9.17, 15) is 9.59 Å². The number of benzene rings is 2. The van der Waals surface area contributed by atoms with Crippen molar-refractivity contribution in [1.82, 2.24) is 24.5 Å². The monoisotopic (exact) mass is 489 g/mol. The van der Waals surface area contributed by atoms with Gasteiger partial charge in [-0.1, -0.05) is 24.3 Å². The summed E-state index contributed by atoms with van der Waals surface area (Å²) >= 11 is 0. The van der Waals surface area contributed by atoms with Crippen LogP contribution in [-0.4, -0.2) is 31.6 Å². The van der Waals surface area contributed by atoms with E-state index in [4.69, 9.17) is 4.74 Å². The summed E-state index contributed by atoms with van der Waals surface area (Å²) in [5, 5.41) is 1.37. The summed E-state index contributed by atoms with van der Waals surface area (Å²) in [6.07, 6.45) is 6.98. The summed E-state index contributed by atoms with van der Waals surface area (Å²) in [5.74, 6) is 0.818. The van der Waals surface area contributed by atoms with Crippen LogP contribution >= 0.6 is 0 Å². The summed E-state index contributed by atoms with van der Waals surface area (Å²) in [7, 11) is 1.67. The zero-order chi connectivity index (χ0) is 25.5. The Hall–Kier alpha value is -4.98. The minimum Gasteiger partial charge on any atom is -0.496 e. The zero-order valence-corrected chi connectivity index (χ0v) is 20.3. The minimum atomic E-state index is -0.450. The van der Waals surface area contributed by atoms with Gasteiger partial charge in [-0.15, -0.1) is 0 Å². The number of aromatic amines is 2. The molecule has 0 unspecified atom stereocenters. The van der Waals surface area contributed by atoms with Crippen LogP contribution in [0.4, 0.5) is 0 Å². The molecule has 0 aliphatic heterocycles. The van der Waals surface area contributed by atoms with Crippen LogP contribution in [0.1, 0.15) is 11.1 Å². The highest BCUT2D eigenvalue weighted by molar-refractivity contribution is 5.98. The van der Waals surface area contributed by atoms with E-state index in [0.717, 1.165) is 50.2 Å². The van der Waals surface area contributed by atoms with Gasteiger partial charge in [0.25, 0.3) is 5.56 Å². The largest absolute Gasteiger partial charge is 0.496 e. The predicted molar refractivity (Wildman–Crippen MR) is 144 cm³/mol. The molecular weight excluding hydrogens is 466 g/mol. The van der Waals surface area contributed by atoms with Gasteiger partial charge in [-0.05, 0) is 53.9 Å². The fourth-order valence-electron chi connectivity index (χ4n) is 4.76. The van der Waals surface area contributed by atoms with Crippen molar-refractivity contribution in [1.29, 1.82) is 0 Å². The van der Waals surface area contributed by atoms with Gasteiger partial charge in [0.2, 0.25) is 0 Å². The summed E-state index contributed by atoms with van der Waals surface area (Å²) in [6, 6.07) is 17.1. The third-order valence-electron chi connectivity index (χ3n) is 6.64. The first-order valence-corrected chi connectivity index (χ1v) is 11.8. The lowest BCUT2D eigenvalue weighted by Crippen LogP contribution is -2.35. The number of rotatable bonds is 5. The number of hydrogen-bond donors (Lipinski definition) is 2. The SMILES string of the molecule is COc1c(C)cccc1-c1c[nH]c2ncc(-c3ccc4[nH]c(=O)n(Cc5ccncc5)c(=O)c4c3)cc12. The fourth-order valence-corrected chi connectivity index (χ4v) is 4.76. The second-order valence-corrected chi connectivity index (χ2v) is 8.92. The topological polar surface area (TPSA) is 106 Å². The Bertz CT molecular complexity index is 1900. The fraction of sp³-hybridized carbons (Fsp3) is 0.103.